The van der Waals surface area contributed by atoms with Crippen LogP contribution in [-0.4, -0.2) is 70.0 Å². The topological polar surface area (TPSA) is 134 Å². The van der Waals surface area contributed by atoms with E-state index < -0.39 is 24.4 Å². The van der Waals surface area contributed by atoms with Crippen LogP contribution in [0.4, 0.5) is 0 Å². The largest absolute Gasteiger partial charge is 0.462 e. The van der Waals surface area contributed by atoms with Gasteiger partial charge in [-0.25, -0.2) is 0 Å². The normalized spacial score (nSPS) is 20.7. The molecule has 0 aromatic heterocycles. The molecule has 1 saturated carbocycles. The molecule has 0 saturated heterocycles. The van der Waals surface area contributed by atoms with E-state index in [0.717, 1.165) is 70.1 Å². The lowest BCUT2D eigenvalue weighted by Crippen LogP contribution is -2.28. The molecule has 1 rings (SSSR count). The Bertz CT molecular complexity index is 830. The van der Waals surface area contributed by atoms with Crippen LogP contribution in [0, 0.1) is 17.8 Å². The van der Waals surface area contributed by atoms with Gasteiger partial charge in [0.25, 0.3) is 0 Å². The molecule has 1 aliphatic rings. The molecule has 0 aromatic carbocycles. The number of hydrogen-bond donors (Lipinski definition) is 4. The molecular formula is C41H76O8. The number of hydrogen-bond acceptors (Lipinski definition) is 8. The summed E-state index contributed by atoms with van der Waals surface area (Å²) < 4.78 is 10.6. The van der Waals surface area contributed by atoms with Gasteiger partial charge in [0, 0.05) is 25.2 Å². The number of unbranched alkanes of at least 4 members (excludes halogenated alkanes) is 16. The first-order valence-corrected chi connectivity index (χ1v) is 20.4. The smallest absolute Gasteiger partial charge is 0.306 e. The summed E-state index contributed by atoms with van der Waals surface area (Å²) >= 11 is 0. The van der Waals surface area contributed by atoms with Crippen molar-refractivity contribution in [1.82, 2.24) is 0 Å². The van der Waals surface area contributed by atoms with Crippen molar-refractivity contribution in [2.24, 2.45) is 17.8 Å². The summed E-state index contributed by atoms with van der Waals surface area (Å²) in [5.74, 6) is -0.0804. The van der Waals surface area contributed by atoms with Crippen molar-refractivity contribution >= 4 is 11.9 Å². The molecule has 6 atom stereocenters. The van der Waals surface area contributed by atoms with E-state index in [2.05, 4.69) is 20.8 Å². The monoisotopic (exact) mass is 697 g/mol. The van der Waals surface area contributed by atoms with Gasteiger partial charge >= 0.3 is 11.9 Å². The number of aliphatic hydroxyl groups is 4. The van der Waals surface area contributed by atoms with Crippen molar-refractivity contribution in [2.75, 3.05) is 13.2 Å². The number of rotatable bonds is 32. The van der Waals surface area contributed by atoms with Crippen LogP contribution in [-0.2, 0) is 19.1 Å². The van der Waals surface area contributed by atoms with Gasteiger partial charge in [0.05, 0.1) is 24.9 Å². The Morgan fingerprint density at radius 1 is 0.714 bits per heavy atom. The molecule has 0 spiro atoms. The molecule has 0 heterocycles. The van der Waals surface area contributed by atoms with Crippen LogP contribution >= 0.6 is 0 Å². The summed E-state index contributed by atoms with van der Waals surface area (Å²) in [4.78, 5) is 24.4. The second-order valence-electron chi connectivity index (χ2n) is 15.2. The number of esters is 2. The Hall–Kier alpha value is -1.48. The van der Waals surface area contributed by atoms with E-state index >= 15 is 0 Å². The summed E-state index contributed by atoms with van der Waals surface area (Å²) in [5, 5.41) is 40.8. The lowest BCUT2D eigenvalue weighted by molar-refractivity contribution is -0.161. The first-order chi connectivity index (χ1) is 23.7. The minimum absolute atomic E-state index is 0.0315. The lowest BCUT2D eigenvalue weighted by Gasteiger charge is -2.21. The van der Waals surface area contributed by atoms with Gasteiger partial charge in [0.15, 0.2) is 6.10 Å². The SMILES string of the molecule is CCCCC[C@H](O)/C=C/[C@@H]1[C@@H](CCCCCCC(=O)OC[C@H](CO)OC(=O)CCCCCCCCCCCCCCC(C)C)[C@@H](O)C[C@H]1O. The quantitative estimate of drug-likeness (QED) is 0.0312. The number of ether oxygens (including phenoxy) is 2. The molecular weight excluding hydrogens is 620 g/mol. The van der Waals surface area contributed by atoms with Gasteiger partial charge in [-0.2, -0.15) is 0 Å². The van der Waals surface area contributed by atoms with Crippen LogP contribution in [0.2, 0.25) is 0 Å². The molecule has 0 aromatic rings. The molecule has 8 nitrogen and oxygen atoms in total. The fourth-order valence-electron chi connectivity index (χ4n) is 6.95. The second kappa shape index (κ2) is 30.2. The molecule has 8 heteroatoms. The fourth-order valence-corrected chi connectivity index (χ4v) is 6.95. The average Bonchev–Trinajstić information content (AvgIpc) is 3.34. The summed E-state index contributed by atoms with van der Waals surface area (Å²) in [5.41, 5.74) is 0. The molecule has 49 heavy (non-hydrogen) atoms. The fraction of sp³-hybridized carbons (Fsp3) is 0.902. The summed E-state index contributed by atoms with van der Waals surface area (Å²) in [6.07, 6.45) is 26.3. The maximum absolute atomic E-state index is 12.2. The van der Waals surface area contributed by atoms with Crippen molar-refractivity contribution in [3.8, 4) is 0 Å². The third-order valence-corrected chi connectivity index (χ3v) is 10.1. The maximum atomic E-state index is 12.2. The highest BCUT2D eigenvalue weighted by atomic mass is 16.6. The van der Waals surface area contributed by atoms with Crippen LogP contribution in [0.25, 0.3) is 0 Å². The van der Waals surface area contributed by atoms with Crippen LogP contribution < -0.4 is 0 Å². The van der Waals surface area contributed by atoms with E-state index in [-0.39, 0.29) is 43.4 Å². The van der Waals surface area contributed by atoms with Gasteiger partial charge in [-0.1, -0.05) is 148 Å². The Balaban J connectivity index is 2.07. The molecule has 4 N–H and O–H groups in total. The molecule has 1 fully saturated rings. The van der Waals surface area contributed by atoms with Crippen molar-refractivity contribution in [2.45, 2.75) is 206 Å². The summed E-state index contributed by atoms with van der Waals surface area (Å²) in [6.45, 7) is 6.21. The highest BCUT2D eigenvalue weighted by molar-refractivity contribution is 5.70. The van der Waals surface area contributed by atoms with Gasteiger partial charge in [-0.05, 0) is 37.5 Å². The summed E-state index contributed by atoms with van der Waals surface area (Å²) in [6, 6.07) is 0. The Morgan fingerprint density at radius 2 is 1.24 bits per heavy atom. The Kier molecular flexibility index (Phi) is 28.0. The number of carbonyl (C=O) groups excluding carboxylic acids is 2. The zero-order valence-corrected chi connectivity index (χ0v) is 31.7. The van der Waals surface area contributed by atoms with Gasteiger partial charge < -0.3 is 29.9 Å². The highest BCUT2D eigenvalue weighted by Crippen LogP contribution is 2.37. The van der Waals surface area contributed by atoms with E-state index in [0.29, 0.717) is 25.7 Å². The van der Waals surface area contributed by atoms with E-state index in [1.165, 1.54) is 64.2 Å². The zero-order valence-electron chi connectivity index (χ0n) is 31.7. The zero-order chi connectivity index (χ0) is 36.1. The van der Waals surface area contributed by atoms with Crippen molar-refractivity contribution < 1.29 is 39.5 Å². The Morgan fingerprint density at radius 3 is 1.82 bits per heavy atom. The second-order valence-corrected chi connectivity index (χ2v) is 15.2. The van der Waals surface area contributed by atoms with Gasteiger partial charge in [0.1, 0.15) is 6.61 Å². The first kappa shape index (κ1) is 45.5. The van der Waals surface area contributed by atoms with Crippen LogP contribution in [0.1, 0.15) is 181 Å². The average molecular weight is 697 g/mol. The lowest BCUT2D eigenvalue weighted by atomic mass is 9.88. The molecule has 288 valence electrons. The molecule has 0 unspecified atom stereocenters. The highest BCUT2D eigenvalue weighted by Gasteiger charge is 2.39. The van der Waals surface area contributed by atoms with Crippen LogP contribution in [0.5, 0.6) is 0 Å². The van der Waals surface area contributed by atoms with E-state index in [9.17, 15) is 30.0 Å². The number of carbonyl (C=O) groups is 2. The predicted octanol–water partition coefficient (Wildman–Crippen LogP) is 8.75. The van der Waals surface area contributed by atoms with Gasteiger partial charge in [-0.3, -0.25) is 9.59 Å². The number of aliphatic hydroxyl groups excluding tert-OH is 4. The van der Waals surface area contributed by atoms with E-state index in [1.807, 2.05) is 6.08 Å². The summed E-state index contributed by atoms with van der Waals surface area (Å²) in [7, 11) is 0. The molecule has 0 aliphatic heterocycles. The maximum Gasteiger partial charge on any atom is 0.306 e. The molecule has 0 bridgehead atoms. The van der Waals surface area contributed by atoms with E-state index in [4.69, 9.17) is 9.47 Å². The van der Waals surface area contributed by atoms with Gasteiger partial charge in [-0.15, -0.1) is 0 Å². The van der Waals surface area contributed by atoms with Crippen LogP contribution in [0.15, 0.2) is 12.2 Å². The minimum atomic E-state index is -0.834. The first-order valence-electron chi connectivity index (χ1n) is 20.4. The van der Waals surface area contributed by atoms with Gasteiger partial charge in [0.2, 0.25) is 0 Å². The van der Waals surface area contributed by atoms with Crippen LogP contribution in [0.3, 0.4) is 0 Å². The standard InChI is InChI=1S/C41H76O8/c1-4-5-18-24-34(43)28-29-37-36(38(44)30-39(37)45)25-20-16-17-21-26-40(46)48-32-35(31-42)49-41(47)27-22-15-13-11-9-7-6-8-10-12-14-19-23-33(2)3/h28-29,33-39,42-45H,4-27,30-32H2,1-3H3/b29-28+/t34-,35-,36+,37+,38-,39+/m0/s1. The Labute approximate surface area is 299 Å². The predicted molar refractivity (Wildman–Crippen MR) is 198 cm³/mol. The van der Waals surface area contributed by atoms with Crippen molar-refractivity contribution in [3.05, 3.63) is 12.2 Å². The minimum Gasteiger partial charge on any atom is -0.462 e. The van der Waals surface area contributed by atoms with E-state index in [1.54, 1.807) is 6.08 Å². The van der Waals surface area contributed by atoms with Crippen molar-refractivity contribution in [3.63, 3.8) is 0 Å². The molecule has 1 aliphatic carbocycles. The third-order valence-electron chi connectivity index (χ3n) is 10.1. The molecule has 0 radical (unpaired) electrons. The van der Waals surface area contributed by atoms with Crippen molar-refractivity contribution in [1.29, 1.82) is 0 Å². The third kappa shape index (κ3) is 24.4. The molecule has 0 amide bonds.